The number of thioether (sulfide) groups is 1. The Hall–Kier alpha value is -2.95. The molecule has 0 saturated carbocycles. The Labute approximate surface area is 213 Å². The molecule has 0 aliphatic rings. The molecule has 186 valence electrons. The summed E-state index contributed by atoms with van der Waals surface area (Å²) in [5, 5.41) is 7.71. The Morgan fingerprint density at radius 2 is 1.17 bits per heavy atom. The largest absolute Gasteiger partial charge is 0.507 e. The van der Waals surface area contributed by atoms with Gasteiger partial charge in [0.1, 0.15) is 5.75 Å². The first-order valence-corrected chi connectivity index (χ1v) is 14.2. The second kappa shape index (κ2) is 9.84. The lowest BCUT2D eigenvalue weighted by molar-refractivity contribution is -0.154. The third-order valence-corrected chi connectivity index (χ3v) is 11.0. The minimum absolute atomic E-state index is 0.0817. The number of phenols is 1. The molecule has 0 radical (unpaired) electrons. The van der Waals surface area contributed by atoms with Crippen molar-refractivity contribution in [2.24, 2.45) is 0 Å². The highest BCUT2D eigenvalue weighted by atomic mass is 32.2. The van der Waals surface area contributed by atoms with Crippen molar-refractivity contribution in [3.63, 3.8) is 0 Å². The summed E-state index contributed by atoms with van der Waals surface area (Å²) in [6.45, 7) is 3.11. The zero-order valence-electron chi connectivity index (χ0n) is 20.1. The summed E-state index contributed by atoms with van der Waals surface area (Å²) in [5.41, 5.74) is 0.281. The molecule has 0 spiro atoms. The molecule has 1 atom stereocenters. The van der Waals surface area contributed by atoms with Gasteiger partial charge in [-0.15, -0.1) is 11.8 Å². The van der Waals surface area contributed by atoms with E-state index in [4.69, 9.17) is 0 Å². The predicted molar refractivity (Wildman–Crippen MR) is 142 cm³/mol. The third kappa shape index (κ3) is 4.07. The number of hydrogen-bond acceptors (Lipinski definition) is 3. The minimum atomic E-state index is -4.97. The zero-order chi connectivity index (χ0) is 26.1. The molecule has 4 aromatic carbocycles. The summed E-state index contributed by atoms with van der Waals surface area (Å²) in [5.74, 6) is -0.0817. The monoisotopic (exact) mass is 526 g/mol. The van der Waals surface area contributed by atoms with Crippen molar-refractivity contribution in [3.05, 3.63) is 119 Å². The molecule has 1 unspecified atom stereocenters. The maximum atomic E-state index is 15.9. The summed E-state index contributed by atoms with van der Waals surface area (Å²) in [7, 11) is -4.52. The van der Waals surface area contributed by atoms with Crippen molar-refractivity contribution >= 4 is 29.5 Å². The SMILES string of the molecule is CSc1ccc(C(c2cc(C)c(O)c(C)c2)(C(F)(F)F)P(=O)(c2ccccc2)c2ccccc2)cc1. The number of aryl methyl sites for hydroxylation is 2. The molecule has 0 saturated heterocycles. The molecule has 7 heteroatoms. The van der Waals surface area contributed by atoms with Crippen LogP contribution in [-0.4, -0.2) is 17.5 Å². The van der Waals surface area contributed by atoms with Gasteiger partial charge in [-0.3, -0.25) is 0 Å². The lowest BCUT2D eigenvalue weighted by Crippen LogP contribution is -2.48. The molecule has 0 bridgehead atoms. The van der Waals surface area contributed by atoms with Crippen molar-refractivity contribution in [1.29, 1.82) is 0 Å². The quantitative estimate of drug-likeness (QED) is 0.208. The fourth-order valence-corrected chi connectivity index (χ4v) is 8.87. The smallest absolute Gasteiger partial charge is 0.409 e. The number of phenolic OH excluding ortho intramolecular Hbond substituents is 1. The van der Waals surface area contributed by atoms with Gasteiger partial charge in [0, 0.05) is 15.5 Å². The zero-order valence-corrected chi connectivity index (χ0v) is 21.8. The second-order valence-corrected chi connectivity index (χ2v) is 12.5. The Kier molecular flexibility index (Phi) is 7.14. The number of benzene rings is 4. The van der Waals surface area contributed by atoms with Gasteiger partial charge in [-0.25, -0.2) is 0 Å². The van der Waals surface area contributed by atoms with Crippen LogP contribution < -0.4 is 10.6 Å². The summed E-state index contributed by atoms with van der Waals surface area (Å²) < 4.78 is 63.3. The molecule has 1 N–H and O–H groups in total. The molecular weight excluding hydrogens is 500 g/mol. The van der Waals surface area contributed by atoms with Crippen LogP contribution in [-0.2, 0) is 9.72 Å². The van der Waals surface area contributed by atoms with Gasteiger partial charge in [-0.1, -0.05) is 84.9 Å². The van der Waals surface area contributed by atoms with E-state index in [1.165, 1.54) is 60.3 Å². The molecule has 36 heavy (non-hydrogen) atoms. The first-order valence-electron chi connectivity index (χ1n) is 11.3. The van der Waals surface area contributed by atoms with Crippen molar-refractivity contribution < 1.29 is 22.8 Å². The molecular formula is C29H26F3O2PS. The van der Waals surface area contributed by atoms with Gasteiger partial charge in [-0.2, -0.15) is 13.2 Å². The first-order chi connectivity index (χ1) is 17.1. The summed E-state index contributed by atoms with van der Waals surface area (Å²) >= 11 is 1.42. The number of hydrogen-bond donors (Lipinski definition) is 1. The van der Waals surface area contributed by atoms with Gasteiger partial charge in [0.25, 0.3) is 0 Å². The van der Waals surface area contributed by atoms with Gasteiger partial charge < -0.3 is 9.67 Å². The van der Waals surface area contributed by atoms with Crippen LogP contribution in [0.2, 0.25) is 0 Å². The van der Waals surface area contributed by atoms with Gasteiger partial charge >= 0.3 is 6.18 Å². The van der Waals surface area contributed by atoms with Gasteiger partial charge in [0.05, 0.1) is 0 Å². The van der Waals surface area contributed by atoms with Crippen LogP contribution in [0, 0.1) is 13.8 Å². The Bertz CT molecular complexity index is 1340. The third-order valence-electron chi connectivity index (χ3n) is 6.54. The van der Waals surface area contributed by atoms with Crippen LogP contribution in [0.15, 0.2) is 102 Å². The lowest BCUT2D eigenvalue weighted by Gasteiger charge is -2.43. The van der Waals surface area contributed by atoms with E-state index in [1.807, 2.05) is 6.26 Å². The molecule has 0 amide bonds. The highest BCUT2D eigenvalue weighted by Gasteiger charge is 2.68. The number of alkyl halides is 3. The van der Waals surface area contributed by atoms with Crippen LogP contribution in [0.3, 0.4) is 0 Å². The average molecular weight is 527 g/mol. The van der Waals surface area contributed by atoms with Crippen molar-refractivity contribution in [2.75, 3.05) is 6.26 Å². The molecule has 0 fully saturated rings. The first kappa shape index (κ1) is 26.1. The fourth-order valence-electron chi connectivity index (χ4n) is 4.85. The minimum Gasteiger partial charge on any atom is -0.507 e. The number of rotatable bonds is 6. The molecule has 4 aromatic rings. The fraction of sp³-hybridized carbons (Fsp3) is 0.172. The van der Waals surface area contributed by atoms with E-state index < -0.39 is 18.5 Å². The van der Waals surface area contributed by atoms with E-state index in [2.05, 4.69) is 0 Å². The summed E-state index contributed by atoms with van der Waals surface area (Å²) in [6, 6.07) is 24.6. The Balaban J connectivity index is 2.28. The van der Waals surface area contributed by atoms with Crippen LogP contribution in [0.1, 0.15) is 22.3 Å². The number of halogens is 3. The van der Waals surface area contributed by atoms with Crippen molar-refractivity contribution in [2.45, 2.75) is 30.1 Å². The topological polar surface area (TPSA) is 37.3 Å². The van der Waals surface area contributed by atoms with Gasteiger partial charge in [0.15, 0.2) is 12.3 Å². The Morgan fingerprint density at radius 1 is 0.722 bits per heavy atom. The lowest BCUT2D eigenvalue weighted by atomic mass is 9.87. The average Bonchev–Trinajstić information content (AvgIpc) is 2.88. The predicted octanol–water partition coefficient (Wildman–Crippen LogP) is 7.55. The maximum absolute atomic E-state index is 15.9. The Morgan fingerprint density at radius 3 is 1.56 bits per heavy atom. The molecule has 0 aromatic heterocycles. The van der Waals surface area contributed by atoms with E-state index in [0.29, 0.717) is 0 Å². The molecule has 0 aliphatic heterocycles. The standard InChI is InChI=1S/C29H26F3O2PS/c1-20-18-23(19-21(2)27(20)33)28(29(30,31)32,22-14-16-26(36-3)17-15-22)35(34,24-10-6-4-7-11-24)25-12-8-5-9-13-25/h4-19,33H,1-3H3. The van der Waals surface area contributed by atoms with E-state index in [9.17, 15) is 5.11 Å². The molecule has 4 rings (SSSR count). The van der Waals surface area contributed by atoms with Crippen molar-refractivity contribution in [1.82, 2.24) is 0 Å². The van der Waals surface area contributed by atoms with Gasteiger partial charge in [0.2, 0.25) is 0 Å². The van der Waals surface area contributed by atoms with E-state index in [-0.39, 0.29) is 38.6 Å². The summed E-state index contributed by atoms with van der Waals surface area (Å²) in [4.78, 5) is 0.794. The van der Waals surface area contributed by atoms with Crippen molar-refractivity contribution in [3.8, 4) is 5.75 Å². The normalized spacial score (nSPS) is 13.8. The maximum Gasteiger partial charge on any atom is 0.409 e. The van der Waals surface area contributed by atoms with E-state index in [1.54, 1.807) is 62.4 Å². The summed E-state index contributed by atoms with van der Waals surface area (Å²) in [6.07, 6.45) is -3.12. The van der Waals surface area contributed by atoms with Gasteiger partial charge in [-0.05, 0) is 54.5 Å². The molecule has 0 heterocycles. The highest BCUT2D eigenvalue weighted by Crippen LogP contribution is 2.71. The number of aromatic hydroxyl groups is 1. The van der Waals surface area contributed by atoms with Crippen LogP contribution >= 0.6 is 18.9 Å². The van der Waals surface area contributed by atoms with E-state index in [0.717, 1.165) is 4.90 Å². The molecule has 2 nitrogen and oxygen atoms in total. The van der Waals surface area contributed by atoms with Crippen LogP contribution in [0.5, 0.6) is 5.75 Å². The van der Waals surface area contributed by atoms with E-state index >= 15 is 17.7 Å². The van der Waals surface area contributed by atoms with Crippen LogP contribution in [0.4, 0.5) is 13.2 Å². The van der Waals surface area contributed by atoms with Crippen LogP contribution in [0.25, 0.3) is 0 Å². The molecule has 0 aliphatic carbocycles. The highest BCUT2D eigenvalue weighted by molar-refractivity contribution is 7.98. The second-order valence-electron chi connectivity index (χ2n) is 8.68.